The lowest BCUT2D eigenvalue weighted by molar-refractivity contribution is 0.206. The van der Waals surface area contributed by atoms with Crippen molar-refractivity contribution in [3.8, 4) is 0 Å². The van der Waals surface area contributed by atoms with Crippen LogP contribution >= 0.6 is 0 Å². The number of hydrogen-bond donors (Lipinski definition) is 0. The maximum atomic E-state index is 5.14. The van der Waals surface area contributed by atoms with Gasteiger partial charge in [-0.3, -0.25) is 9.89 Å². The molecule has 2 heterocycles. The lowest BCUT2D eigenvalue weighted by atomic mass is 9.86. The average molecular weight is 339 g/mol. The summed E-state index contributed by atoms with van der Waals surface area (Å²) in [4.78, 5) is 7.73. The first-order chi connectivity index (χ1) is 11.8. The molecule has 0 atom stereocenters. The van der Waals surface area contributed by atoms with E-state index < -0.39 is 0 Å². The molecule has 25 heavy (non-hydrogen) atoms. The SMILES string of the molecule is CC1=C(CN2CCC(C)CC2)N=C(c2c(C)c(C)c(C)c(C)c2C)C1. The Balaban J connectivity index is 1.87. The van der Waals surface area contributed by atoms with Crippen molar-refractivity contribution in [3.05, 3.63) is 44.7 Å². The zero-order valence-electron chi connectivity index (χ0n) is 17.2. The van der Waals surface area contributed by atoms with Crippen LogP contribution in [0.25, 0.3) is 0 Å². The van der Waals surface area contributed by atoms with Crippen LogP contribution in [0.5, 0.6) is 0 Å². The third-order valence-corrected chi connectivity index (χ3v) is 6.73. The highest BCUT2D eigenvalue weighted by Crippen LogP contribution is 2.32. The van der Waals surface area contributed by atoms with Gasteiger partial charge in [0.15, 0.2) is 0 Å². The second-order valence-electron chi connectivity index (χ2n) is 8.42. The Bertz CT molecular complexity index is 715. The molecule has 0 N–H and O–H groups in total. The third kappa shape index (κ3) is 3.46. The molecule has 1 aromatic carbocycles. The third-order valence-electron chi connectivity index (χ3n) is 6.73. The number of hydrogen-bond acceptors (Lipinski definition) is 2. The highest BCUT2D eigenvalue weighted by atomic mass is 15.1. The second-order valence-corrected chi connectivity index (χ2v) is 8.42. The molecule has 0 aromatic heterocycles. The quantitative estimate of drug-likeness (QED) is 0.718. The highest BCUT2D eigenvalue weighted by Gasteiger charge is 2.24. The molecule has 1 fully saturated rings. The van der Waals surface area contributed by atoms with Gasteiger partial charge in [0, 0.05) is 18.5 Å². The number of aliphatic imine (C=N–C) groups is 1. The minimum atomic E-state index is 0.887. The molecule has 2 aliphatic heterocycles. The minimum Gasteiger partial charge on any atom is -0.297 e. The monoisotopic (exact) mass is 338 g/mol. The largest absolute Gasteiger partial charge is 0.297 e. The van der Waals surface area contributed by atoms with Crippen molar-refractivity contribution >= 4 is 5.71 Å². The van der Waals surface area contributed by atoms with Crippen molar-refractivity contribution in [1.29, 1.82) is 0 Å². The van der Waals surface area contributed by atoms with Gasteiger partial charge in [-0.05, 0) is 107 Å². The molecule has 1 aromatic rings. The van der Waals surface area contributed by atoms with Crippen LogP contribution in [0.3, 0.4) is 0 Å². The zero-order chi connectivity index (χ0) is 18.3. The van der Waals surface area contributed by atoms with Gasteiger partial charge in [0.05, 0.1) is 11.4 Å². The van der Waals surface area contributed by atoms with E-state index >= 15 is 0 Å². The number of likely N-dealkylation sites (tertiary alicyclic amines) is 1. The Hall–Kier alpha value is -1.41. The van der Waals surface area contributed by atoms with Crippen LogP contribution in [0, 0.1) is 40.5 Å². The molecule has 0 aliphatic carbocycles. The molecular formula is C23H34N2. The lowest BCUT2D eigenvalue weighted by Gasteiger charge is -2.30. The van der Waals surface area contributed by atoms with E-state index in [1.807, 2.05) is 0 Å². The molecule has 0 amide bonds. The summed E-state index contributed by atoms with van der Waals surface area (Å²) in [6.45, 7) is 19.4. The van der Waals surface area contributed by atoms with Crippen LogP contribution in [0.2, 0.25) is 0 Å². The van der Waals surface area contributed by atoms with Gasteiger partial charge in [-0.1, -0.05) is 6.92 Å². The summed E-state index contributed by atoms with van der Waals surface area (Å²) in [6.07, 6.45) is 3.68. The Kier molecular flexibility index (Phi) is 5.20. The van der Waals surface area contributed by atoms with E-state index in [4.69, 9.17) is 4.99 Å². The first-order valence-electron chi connectivity index (χ1n) is 9.85. The molecular weight excluding hydrogens is 304 g/mol. The molecule has 1 saturated heterocycles. The topological polar surface area (TPSA) is 15.6 Å². The van der Waals surface area contributed by atoms with Crippen molar-refractivity contribution in [1.82, 2.24) is 4.90 Å². The Morgan fingerprint density at radius 1 is 0.840 bits per heavy atom. The van der Waals surface area contributed by atoms with Gasteiger partial charge in [0.2, 0.25) is 0 Å². The van der Waals surface area contributed by atoms with Crippen molar-refractivity contribution < 1.29 is 0 Å². The van der Waals surface area contributed by atoms with E-state index in [0.717, 1.165) is 18.9 Å². The van der Waals surface area contributed by atoms with Crippen LogP contribution in [0.1, 0.15) is 66.5 Å². The van der Waals surface area contributed by atoms with Crippen LogP contribution in [-0.2, 0) is 0 Å². The van der Waals surface area contributed by atoms with E-state index in [1.165, 1.54) is 76.3 Å². The van der Waals surface area contributed by atoms with E-state index in [9.17, 15) is 0 Å². The molecule has 136 valence electrons. The maximum absolute atomic E-state index is 5.14. The summed E-state index contributed by atoms with van der Waals surface area (Å²) in [5.74, 6) is 0.887. The van der Waals surface area contributed by atoms with Crippen molar-refractivity contribution in [2.24, 2.45) is 10.9 Å². The number of allylic oxidation sites excluding steroid dienone is 1. The fraction of sp³-hybridized carbons (Fsp3) is 0.609. The smallest absolute Gasteiger partial charge is 0.0540 e. The molecule has 0 bridgehead atoms. The van der Waals surface area contributed by atoms with Gasteiger partial charge in [0.1, 0.15) is 0 Å². The van der Waals surface area contributed by atoms with E-state index in [1.54, 1.807) is 0 Å². The van der Waals surface area contributed by atoms with Crippen LogP contribution in [0.4, 0.5) is 0 Å². The van der Waals surface area contributed by atoms with Crippen LogP contribution < -0.4 is 0 Å². The van der Waals surface area contributed by atoms with E-state index in [2.05, 4.69) is 53.4 Å². The summed E-state index contributed by atoms with van der Waals surface area (Å²) in [5.41, 5.74) is 12.6. The van der Waals surface area contributed by atoms with Gasteiger partial charge in [0.25, 0.3) is 0 Å². The summed E-state index contributed by atoms with van der Waals surface area (Å²) in [7, 11) is 0. The Labute approximate surface area is 154 Å². The summed E-state index contributed by atoms with van der Waals surface area (Å²) < 4.78 is 0. The summed E-state index contributed by atoms with van der Waals surface area (Å²) in [6, 6.07) is 0. The Morgan fingerprint density at radius 2 is 1.36 bits per heavy atom. The molecule has 3 rings (SSSR count). The maximum Gasteiger partial charge on any atom is 0.0540 e. The number of rotatable bonds is 3. The summed E-state index contributed by atoms with van der Waals surface area (Å²) in [5, 5.41) is 0. The molecule has 0 spiro atoms. The predicted octanol–water partition coefficient (Wildman–Crippen LogP) is 5.43. The van der Waals surface area contributed by atoms with E-state index in [-0.39, 0.29) is 0 Å². The van der Waals surface area contributed by atoms with Gasteiger partial charge in [-0.15, -0.1) is 0 Å². The van der Waals surface area contributed by atoms with Crippen molar-refractivity contribution in [3.63, 3.8) is 0 Å². The predicted molar refractivity (Wildman–Crippen MR) is 109 cm³/mol. The number of piperidine rings is 1. The van der Waals surface area contributed by atoms with Crippen molar-refractivity contribution in [2.75, 3.05) is 19.6 Å². The molecule has 2 nitrogen and oxygen atoms in total. The lowest BCUT2D eigenvalue weighted by Crippen LogP contribution is -2.34. The molecule has 0 unspecified atom stereocenters. The fourth-order valence-corrected chi connectivity index (χ4v) is 4.33. The first-order valence-corrected chi connectivity index (χ1v) is 9.85. The minimum absolute atomic E-state index is 0.887. The summed E-state index contributed by atoms with van der Waals surface area (Å²) >= 11 is 0. The van der Waals surface area contributed by atoms with Crippen LogP contribution in [-0.4, -0.2) is 30.2 Å². The fourth-order valence-electron chi connectivity index (χ4n) is 4.33. The molecule has 2 aliphatic rings. The Morgan fingerprint density at radius 3 is 1.92 bits per heavy atom. The van der Waals surface area contributed by atoms with Crippen LogP contribution in [0.15, 0.2) is 16.3 Å². The number of benzene rings is 1. The molecule has 0 saturated carbocycles. The molecule has 2 heteroatoms. The van der Waals surface area contributed by atoms with Gasteiger partial charge < -0.3 is 0 Å². The van der Waals surface area contributed by atoms with E-state index in [0.29, 0.717) is 0 Å². The second kappa shape index (κ2) is 7.07. The zero-order valence-corrected chi connectivity index (χ0v) is 17.2. The number of nitrogens with zero attached hydrogens (tertiary/aromatic N) is 2. The van der Waals surface area contributed by atoms with Gasteiger partial charge in [-0.25, -0.2) is 0 Å². The average Bonchev–Trinajstić information content (AvgIpc) is 2.94. The standard InChI is InChI=1S/C23H34N2/c1-14-8-10-25(11-9-14)13-22-15(2)12-21(24-22)23-19(6)17(4)16(3)18(5)20(23)7/h14H,8-13H2,1-7H3. The van der Waals surface area contributed by atoms with Crippen molar-refractivity contribution in [2.45, 2.75) is 67.7 Å². The first kappa shape index (κ1) is 18.4. The highest BCUT2D eigenvalue weighted by molar-refractivity contribution is 6.07. The van der Waals surface area contributed by atoms with Gasteiger partial charge >= 0.3 is 0 Å². The molecule has 0 radical (unpaired) electrons. The normalized spacial score (nSPS) is 19.7. The van der Waals surface area contributed by atoms with Gasteiger partial charge in [-0.2, -0.15) is 0 Å².